The first-order valence-electron chi connectivity index (χ1n) is 10.9. The third kappa shape index (κ3) is 6.49. The molecule has 0 amide bonds. The van der Waals surface area contributed by atoms with E-state index in [0.717, 1.165) is 4.47 Å². The molecule has 0 aliphatic heterocycles. The summed E-state index contributed by atoms with van der Waals surface area (Å²) in [6.45, 7) is 9.09. The van der Waals surface area contributed by atoms with Crippen molar-refractivity contribution in [3.05, 3.63) is 61.0 Å². The van der Waals surface area contributed by atoms with Crippen molar-refractivity contribution in [1.82, 2.24) is 9.66 Å². The minimum Gasteiger partial charge on any atom is -0.493 e. The molecule has 0 fully saturated rings. The second-order valence-electron chi connectivity index (χ2n) is 9.06. The molecule has 0 saturated heterocycles. The Balaban J connectivity index is 2.13. The molecule has 0 aliphatic rings. The highest BCUT2D eigenvalue weighted by atomic mass is 79.9. The quantitative estimate of drug-likeness (QED) is 0.262. The van der Waals surface area contributed by atoms with E-state index in [-0.39, 0.29) is 18.3 Å². The van der Waals surface area contributed by atoms with Gasteiger partial charge >= 0.3 is 5.97 Å². The third-order valence-corrected chi connectivity index (χ3v) is 5.71. The predicted octanol–water partition coefficient (Wildman–Crippen LogP) is 5.44. The summed E-state index contributed by atoms with van der Waals surface area (Å²) < 4.78 is 19.1. The number of aromatic nitrogens is 2. The van der Waals surface area contributed by atoms with Crippen LogP contribution in [0.15, 0.2) is 49.2 Å². The number of methoxy groups -OCH3 is 1. The molecule has 2 aromatic carbocycles. The fourth-order valence-corrected chi connectivity index (χ4v) is 4.10. The molecule has 1 aromatic heterocycles. The summed E-state index contributed by atoms with van der Waals surface area (Å²) in [4.78, 5) is 30.2. The summed E-state index contributed by atoms with van der Waals surface area (Å²) in [6, 6.07) is 8.83. The number of nitrogens with zero attached hydrogens (tertiary/aromatic N) is 3. The molecule has 0 unspecified atom stereocenters. The summed E-state index contributed by atoms with van der Waals surface area (Å²) >= 11 is 6.87. The zero-order valence-electron chi connectivity index (χ0n) is 20.4. The highest BCUT2D eigenvalue weighted by Crippen LogP contribution is 2.34. The van der Waals surface area contributed by atoms with Gasteiger partial charge in [0.25, 0.3) is 5.56 Å². The first-order valence-corrected chi connectivity index (χ1v) is 12.5. The van der Waals surface area contributed by atoms with Crippen LogP contribution in [0.3, 0.4) is 0 Å². The standard InChI is InChI=1S/C25H27Br2N3O5/c1-14(2)35-21(31)13-34-22-15(9-17(27)11-20(22)33-6)12-28-30-23(32)18-10-16(26)7-8-19(18)29-24(30)25(3,4)5/h7-12,14H,13H2,1-6H3. The highest BCUT2D eigenvalue weighted by molar-refractivity contribution is 9.10. The van der Waals surface area contributed by atoms with Gasteiger partial charge in [0.15, 0.2) is 18.1 Å². The van der Waals surface area contributed by atoms with Gasteiger partial charge < -0.3 is 14.2 Å². The van der Waals surface area contributed by atoms with Crippen molar-refractivity contribution >= 4 is 54.9 Å². The van der Waals surface area contributed by atoms with Gasteiger partial charge in [-0.2, -0.15) is 9.78 Å². The topological polar surface area (TPSA) is 92.0 Å². The van der Waals surface area contributed by atoms with Gasteiger partial charge in [-0.15, -0.1) is 0 Å². The second-order valence-corrected chi connectivity index (χ2v) is 10.9. The molecule has 10 heteroatoms. The molecule has 8 nitrogen and oxygen atoms in total. The number of benzene rings is 2. The van der Waals surface area contributed by atoms with E-state index in [2.05, 4.69) is 37.0 Å². The molecular formula is C25H27Br2N3O5. The van der Waals surface area contributed by atoms with Crippen LogP contribution in [0.4, 0.5) is 0 Å². The van der Waals surface area contributed by atoms with E-state index in [0.29, 0.717) is 38.3 Å². The Morgan fingerprint density at radius 3 is 2.51 bits per heavy atom. The first-order chi connectivity index (χ1) is 16.4. The van der Waals surface area contributed by atoms with Crippen molar-refractivity contribution < 1.29 is 19.0 Å². The smallest absolute Gasteiger partial charge is 0.344 e. The number of esters is 1. The average Bonchev–Trinajstić information content (AvgIpc) is 2.76. The van der Waals surface area contributed by atoms with E-state index in [4.69, 9.17) is 19.2 Å². The minimum absolute atomic E-state index is 0.262. The average molecular weight is 609 g/mol. The van der Waals surface area contributed by atoms with Crippen molar-refractivity contribution in [2.75, 3.05) is 13.7 Å². The molecule has 1 heterocycles. The van der Waals surface area contributed by atoms with Crippen molar-refractivity contribution in [3.8, 4) is 11.5 Å². The number of ether oxygens (including phenoxy) is 3. The molecule has 0 N–H and O–H groups in total. The van der Waals surface area contributed by atoms with E-state index in [1.54, 1.807) is 38.1 Å². The fraction of sp³-hybridized carbons (Fsp3) is 0.360. The van der Waals surface area contributed by atoms with Crippen LogP contribution in [0.25, 0.3) is 10.9 Å². The Bertz CT molecular complexity index is 1340. The number of hydrogen-bond acceptors (Lipinski definition) is 7. The van der Waals surface area contributed by atoms with Gasteiger partial charge in [-0.05, 0) is 44.2 Å². The maximum atomic E-state index is 13.4. The lowest BCUT2D eigenvalue weighted by molar-refractivity contribution is -0.149. The Hall–Kier alpha value is -2.72. The van der Waals surface area contributed by atoms with Crippen LogP contribution in [0.5, 0.6) is 11.5 Å². The summed E-state index contributed by atoms with van der Waals surface area (Å²) in [5, 5.41) is 4.94. The van der Waals surface area contributed by atoms with E-state index in [1.807, 2.05) is 26.8 Å². The molecule has 0 saturated carbocycles. The van der Waals surface area contributed by atoms with Gasteiger partial charge in [0.05, 0.1) is 30.3 Å². The lowest BCUT2D eigenvalue weighted by Crippen LogP contribution is -2.29. The highest BCUT2D eigenvalue weighted by Gasteiger charge is 2.23. The minimum atomic E-state index is -0.511. The first kappa shape index (κ1) is 26.9. The number of fused-ring (bicyclic) bond motifs is 1. The fourth-order valence-electron chi connectivity index (χ4n) is 3.28. The van der Waals surface area contributed by atoms with Crippen LogP contribution < -0.4 is 15.0 Å². The van der Waals surface area contributed by atoms with Crippen LogP contribution in [-0.2, 0) is 14.9 Å². The Labute approximate surface area is 220 Å². The maximum Gasteiger partial charge on any atom is 0.344 e. The second kappa shape index (κ2) is 10.9. The molecule has 0 aliphatic carbocycles. The number of carbonyl (C=O) groups excluding carboxylic acids is 1. The zero-order chi connectivity index (χ0) is 25.9. The van der Waals surface area contributed by atoms with E-state index in [1.165, 1.54) is 18.0 Å². The van der Waals surface area contributed by atoms with Crippen LogP contribution in [0.2, 0.25) is 0 Å². The molecule has 35 heavy (non-hydrogen) atoms. The van der Waals surface area contributed by atoms with Crippen molar-refractivity contribution in [3.63, 3.8) is 0 Å². The van der Waals surface area contributed by atoms with Gasteiger partial charge in [-0.3, -0.25) is 4.79 Å². The molecule has 0 atom stereocenters. The summed E-state index contributed by atoms with van der Waals surface area (Å²) in [5.74, 6) is 0.672. The maximum absolute atomic E-state index is 13.4. The predicted molar refractivity (Wildman–Crippen MR) is 143 cm³/mol. The number of rotatable bonds is 7. The molecule has 186 valence electrons. The molecule has 0 spiro atoms. The number of carbonyl (C=O) groups is 1. The third-order valence-electron chi connectivity index (χ3n) is 4.76. The Morgan fingerprint density at radius 2 is 1.89 bits per heavy atom. The van der Waals surface area contributed by atoms with Gasteiger partial charge in [-0.1, -0.05) is 52.6 Å². The zero-order valence-corrected chi connectivity index (χ0v) is 23.6. The van der Waals surface area contributed by atoms with Gasteiger partial charge in [0.1, 0.15) is 5.82 Å². The van der Waals surface area contributed by atoms with Gasteiger partial charge in [0, 0.05) is 19.9 Å². The molecule has 0 radical (unpaired) electrons. The summed E-state index contributed by atoms with van der Waals surface area (Å²) in [7, 11) is 1.50. The monoisotopic (exact) mass is 607 g/mol. The van der Waals surface area contributed by atoms with E-state index >= 15 is 0 Å². The van der Waals surface area contributed by atoms with Gasteiger partial charge in [0.2, 0.25) is 0 Å². The van der Waals surface area contributed by atoms with E-state index in [9.17, 15) is 9.59 Å². The Kier molecular flexibility index (Phi) is 8.38. The lowest BCUT2D eigenvalue weighted by atomic mass is 9.95. The van der Waals surface area contributed by atoms with Crippen LogP contribution in [-0.4, -0.2) is 41.7 Å². The van der Waals surface area contributed by atoms with Crippen molar-refractivity contribution in [2.24, 2.45) is 5.10 Å². The lowest BCUT2D eigenvalue weighted by Gasteiger charge is -2.21. The molecular weight excluding hydrogens is 582 g/mol. The van der Waals surface area contributed by atoms with Gasteiger partial charge in [-0.25, -0.2) is 9.78 Å². The van der Waals surface area contributed by atoms with Crippen molar-refractivity contribution in [1.29, 1.82) is 0 Å². The SMILES string of the molecule is COc1cc(Br)cc(C=Nn2c(C(C)(C)C)nc3ccc(Br)cc3c2=O)c1OCC(=O)OC(C)C. The Morgan fingerprint density at radius 1 is 1.17 bits per heavy atom. The molecule has 3 rings (SSSR count). The van der Waals surface area contributed by atoms with Crippen molar-refractivity contribution in [2.45, 2.75) is 46.1 Å². The summed E-state index contributed by atoms with van der Waals surface area (Å²) in [5.41, 5.74) is 0.315. The van der Waals surface area contributed by atoms with Crippen LogP contribution in [0, 0.1) is 0 Å². The van der Waals surface area contributed by atoms with Crippen LogP contribution in [0.1, 0.15) is 46.0 Å². The number of halogens is 2. The largest absolute Gasteiger partial charge is 0.493 e. The molecule has 3 aromatic rings. The summed E-state index contributed by atoms with van der Waals surface area (Å²) in [6.07, 6.45) is 1.22. The normalized spacial score (nSPS) is 11.9. The van der Waals surface area contributed by atoms with Crippen LogP contribution >= 0.6 is 31.9 Å². The number of hydrogen-bond donors (Lipinski definition) is 0. The molecule has 0 bridgehead atoms. The van der Waals surface area contributed by atoms with E-state index < -0.39 is 11.4 Å².